The highest BCUT2D eigenvalue weighted by atomic mass is 15.1. The summed E-state index contributed by atoms with van der Waals surface area (Å²) in [5.74, 6) is 0.949. The monoisotopic (exact) mass is 272 g/mol. The number of benzene rings is 1. The Bertz CT molecular complexity index is 443. The van der Waals surface area contributed by atoms with Crippen LogP contribution in [0.2, 0.25) is 0 Å². The summed E-state index contributed by atoms with van der Waals surface area (Å²) < 4.78 is 0. The van der Waals surface area contributed by atoms with Gasteiger partial charge in [0.15, 0.2) is 0 Å². The summed E-state index contributed by atoms with van der Waals surface area (Å²) in [4.78, 5) is 2.61. The van der Waals surface area contributed by atoms with Crippen LogP contribution in [0.3, 0.4) is 0 Å². The smallest absolute Gasteiger partial charge is 0.0412 e. The van der Waals surface area contributed by atoms with Crippen LogP contribution in [-0.4, -0.2) is 19.1 Å². The molecule has 1 saturated carbocycles. The normalized spacial score (nSPS) is 20.4. The molecule has 0 radical (unpaired) electrons. The zero-order chi connectivity index (χ0) is 13.9. The van der Waals surface area contributed by atoms with Gasteiger partial charge in [0.2, 0.25) is 0 Å². The molecule has 1 aromatic rings. The third kappa shape index (κ3) is 3.35. The molecule has 2 heteroatoms. The maximum absolute atomic E-state index is 3.67. The minimum atomic E-state index is 0.786. The Balaban J connectivity index is 1.70. The Morgan fingerprint density at radius 2 is 1.90 bits per heavy atom. The van der Waals surface area contributed by atoms with Crippen molar-refractivity contribution in [1.29, 1.82) is 0 Å². The molecular weight excluding hydrogens is 244 g/mol. The summed E-state index contributed by atoms with van der Waals surface area (Å²) >= 11 is 0. The van der Waals surface area contributed by atoms with E-state index < -0.39 is 0 Å². The van der Waals surface area contributed by atoms with Crippen molar-refractivity contribution < 1.29 is 0 Å². The topological polar surface area (TPSA) is 15.3 Å². The summed E-state index contributed by atoms with van der Waals surface area (Å²) in [7, 11) is 0. The summed E-state index contributed by atoms with van der Waals surface area (Å²) in [5, 5.41) is 3.67. The maximum atomic E-state index is 3.67. The van der Waals surface area contributed by atoms with Gasteiger partial charge in [-0.15, -0.1) is 0 Å². The van der Waals surface area contributed by atoms with E-state index in [0.717, 1.165) is 18.5 Å². The second-order valence-corrected chi connectivity index (χ2v) is 6.63. The van der Waals surface area contributed by atoms with Crippen LogP contribution in [0.15, 0.2) is 18.2 Å². The van der Waals surface area contributed by atoms with E-state index in [0.29, 0.717) is 0 Å². The zero-order valence-electron chi connectivity index (χ0n) is 13.0. The molecule has 1 aliphatic carbocycles. The van der Waals surface area contributed by atoms with Gasteiger partial charge in [-0.2, -0.15) is 0 Å². The van der Waals surface area contributed by atoms with Crippen molar-refractivity contribution >= 4 is 5.69 Å². The van der Waals surface area contributed by atoms with Crippen LogP contribution in [0.25, 0.3) is 0 Å². The van der Waals surface area contributed by atoms with E-state index in [9.17, 15) is 0 Å². The van der Waals surface area contributed by atoms with E-state index in [2.05, 4.69) is 42.3 Å². The minimum Gasteiger partial charge on any atom is -0.371 e. The van der Waals surface area contributed by atoms with Gasteiger partial charge in [0.05, 0.1) is 0 Å². The van der Waals surface area contributed by atoms with Gasteiger partial charge in [0.1, 0.15) is 0 Å². The van der Waals surface area contributed by atoms with Crippen molar-refractivity contribution in [1.82, 2.24) is 5.32 Å². The lowest BCUT2D eigenvalue weighted by Gasteiger charge is -2.34. The van der Waals surface area contributed by atoms with Gasteiger partial charge in [0, 0.05) is 31.4 Å². The Labute approximate surface area is 123 Å². The number of piperidine rings is 1. The largest absolute Gasteiger partial charge is 0.371 e. The summed E-state index contributed by atoms with van der Waals surface area (Å²) in [6, 6.07) is 7.76. The maximum Gasteiger partial charge on any atom is 0.0412 e. The highest BCUT2D eigenvalue weighted by Gasteiger charge is 2.22. The van der Waals surface area contributed by atoms with Crippen molar-refractivity contribution in [3.63, 3.8) is 0 Å². The lowest BCUT2D eigenvalue weighted by molar-refractivity contribution is 0.394. The molecule has 3 rings (SSSR count). The number of nitrogens with zero attached hydrogens (tertiary/aromatic N) is 1. The van der Waals surface area contributed by atoms with Crippen LogP contribution in [0.1, 0.15) is 50.2 Å². The molecule has 0 bridgehead atoms. The van der Waals surface area contributed by atoms with E-state index in [1.54, 1.807) is 0 Å². The quantitative estimate of drug-likeness (QED) is 0.875. The lowest BCUT2D eigenvalue weighted by Crippen LogP contribution is -2.34. The minimum absolute atomic E-state index is 0.786. The van der Waals surface area contributed by atoms with Crippen molar-refractivity contribution in [2.75, 3.05) is 18.0 Å². The Hall–Kier alpha value is -1.02. The Morgan fingerprint density at radius 1 is 1.15 bits per heavy atom. The molecule has 0 spiro atoms. The lowest BCUT2D eigenvalue weighted by atomic mass is 9.93. The number of anilines is 1. The highest BCUT2D eigenvalue weighted by molar-refractivity contribution is 5.55. The van der Waals surface area contributed by atoms with Crippen LogP contribution in [-0.2, 0) is 6.54 Å². The summed E-state index contributed by atoms with van der Waals surface area (Å²) in [6.45, 7) is 8.04. The number of hydrogen-bond acceptors (Lipinski definition) is 2. The summed E-state index contributed by atoms with van der Waals surface area (Å²) in [5.41, 5.74) is 4.34. The van der Waals surface area contributed by atoms with Crippen molar-refractivity contribution in [2.24, 2.45) is 5.92 Å². The number of aryl methyl sites for hydroxylation is 1. The molecule has 1 N–H and O–H groups in total. The third-order valence-corrected chi connectivity index (χ3v) is 4.93. The first-order chi connectivity index (χ1) is 9.76. The number of nitrogens with one attached hydrogen (secondary N) is 1. The van der Waals surface area contributed by atoms with Crippen molar-refractivity contribution in [2.45, 2.75) is 58.5 Å². The fourth-order valence-corrected chi connectivity index (χ4v) is 3.29. The second kappa shape index (κ2) is 6.17. The van der Waals surface area contributed by atoms with E-state index in [1.807, 2.05) is 0 Å². The SMILES string of the molecule is CCC1CCN(c2ccc(C)cc2CNC2CC2)CC1. The van der Waals surface area contributed by atoms with E-state index in [4.69, 9.17) is 0 Å². The van der Waals surface area contributed by atoms with Gasteiger partial charge in [-0.25, -0.2) is 0 Å². The molecule has 1 aromatic carbocycles. The van der Waals surface area contributed by atoms with E-state index in [-0.39, 0.29) is 0 Å². The second-order valence-electron chi connectivity index (χ2n) is 6.63. The molecule has 1 saturated heterocycles. The molecular formula is C18H28N2. The summed E-state index contributed by atoms with van der Waals surface area (Å²) in [6.07, 6.45) is 6.80. The average molecular weight is 272 g/mol. The Kier molecular flexibility index (Phi) is 4.30. The molecule has 0 amide bonds. The van der Waals surface area contributed by atoms with Gasteiger partial charge in [-0.3, -0.25) is 0 Å². The van der Waals surface area contributed by atoms with Crippen molar-refractivity contribution in [3.8, 4) is 0 Å². The van der Waals surface area contributed by atoms with Gasteiger partial charge >= 0.3 is 0 Å². The van der Waals surface area contributed by atoms with Crippen LogP contribution in [0.5, 0.6) is 0 Å². The first-order valence-electron chi connectivity index (χ1n) is 8.34. The molecule has 110 valence electrons. The molecule has 20 heavy (non-hydrogen) atoms. The van der Waals surface area contributed by atoms with Crippen LogP contribution in [0, 0.1) is 12.8 Å². The van der Waals surface area contributed by atoms with E-state index >= 15 is 0 Å². The Morgan fingerprint density at radius 3 is 2.55 bits per heavy atom. The molecule has 0 aromatic heterocycles. The number of hydrogen-bond donors (Lipinski definition) is 1. The average Bonchev–Trinajstić information content (AvgIpc) is 3.30. The third-order valence-electron chi connectivity index (χ3n) is 4.93. The van der Waals surface area contributed by atoms with E-state index in [1.165, 1.54) is 62.0 Å². The molecule has 2 aliphatic rings. The van der Waals surface area contributed by atoms with Gasteiger partial charge < -0.3 is 10.2 Å². The van der Waals surface area contributed by atoms with Gasteiger partial charge in [-0.1, -0.05) is 31.0 Å². The fourth-order valence-electron chi connectivity index (χ4n) is 3.29. The van der Waals surface area contributed by atoms with Crippen LogP contribution in [0.4, 0.5) is 5.69 Å². The number of rotatable bonds is 5. The van der Waals surface area contributed by atoms with Crippen LogP contribution >= 0.6 is 0 Å². The van der Waals surface area contributed by atoms with Gasteiger partial charge in [-0.05, 0) is 50.2 Å². The zero-order valence-corrected chi connectivity index (χ0v) is 13.0. The molecule has 0 unspecified atom stereocenters. The van der Waals surface area contributed by atoms with Gasteiger partial charge in [0.25, 0.3) is 0 Å². The first-order valence-corrected chi connectivity index (χ1v) is 8.34. The highest BCUT2D eigenvalue weighted by Crippen LogP contribution is 2.29. The van der Waals surface area contributed by atoms with Crippen LogP contribution < -0.4 is 10.2 Å². The molecule has 2 fully saturated rings. The first kappa shape index (κ1) is 13.9. The molecule has 1 heterocycles. The predicted octanol–water partition coefficient (Wildman–Crippen LogP) is 3.87. The fraction of sp³-hybridized carbons (Fsp3) is 0.667. The van der Waals surface area contributed by atoms with Crippen molar-refractivity contribution in [3.05, 3.63) is 29.3 Å². The predicted molar refractivity (Wildman–Crippen MR) is 86.3 cm³/mol. The molecule has 1 aliphatic heterocycles. The molecule has 0 atom stereocenters. The molecule has 2 nitrogen and oxygen atoms in total. The standard InChI is InChI=1S/C18H28N2/c1-3-15-8-10-20(11-9-15)18-7-4-14(2)12-16(18)13-19-17-5-6-17/h4,7,12,15,17,19H,3,5-6,8-11,13H2,1-2H3.